The Morgan fingerprint density at radius 1 is 0.500 bits per heavy atom. The number of aliphatic hydroxyl groups excluding tert-OH is 2. The SMILES string of the molecule is C=CC1(C=C)c2ccccc2-c2ccc(-c3cc(-c4ccc5c(c4)C(CCCO)(CCCO)c4ccccc4-5)c4ccc5cc(C(C)(C)C)cc6ccc3c4c65)cc21. The van der Waals surface area contributed by atoms with Gasteiger partial charge in [0.25, 0.3) is 0 Å². The first kappa shape index (κ1) is 36.5. The fraction of sp³-hybridized carbons (Fsp3) is 0.214. The van der Waals surface area contributed by atoms with Crippen LogP contribution in [0.15, 0.2) is 153 Å². The van der Waals surface area contributed by atoms with E-state index in [1.165, 1.54) is 105 Å². The zero-order valence-electron chi connectivity index (χ0n) is 33.8. The summed E-state index contributed by atoms with van der Waals surface area (Å²) in [6.07, 6.45) is 7.15. The molecule has 0 unspecified atom stereocenters. The number of aliphatic hydroxyl groups is 2. The van der Waals surface area contributed by atoms with Crippen molar-refractivity contribution >= 4 is 32.3 Å². The second-order valence-corrected chi connectivity index (χ2v) is 17.7. The highest BCUT2D eigenvalue weighted by Gasteiger charge is 2.43. The van der Waals surface area contributed by atoms with Crippen LogP contribution in [-0.2, 0) is 16.2 Å². The van der Waals surface area contributed by atoms with Crippen molar-refractivity contribution in [3.05, 3.63) is 181 Å². The van der Waals surface area contributed by atoms with Crippen LogP contribution in [0.25, 0.3) is 76.8 Å². The lowest BCUT2D eigenvalue weighted by atomic mass is 9.71. The lowest BCUT2D eigenvalue weighted by Gasteiger charge is -2.32. The lowest BCUT2D eigenvalue weighted by Crippen LogP contribution is -2.26. The summed E-state index contributed by atoms with van der Waals surface area (Å²) in [5.41, 5.74) is 15.4. The van der Waals surface area contributed by atoms with Gasteiger partial charge >= 0.3 is 0 Å². The Balaban J connectivity index is 1.27. The molecule has 0 aromatic heterocycles. The van der Waals surface area contributed by atoms with Gasteiger partial charge in [0.15, 0.2) is 0 Å². The van der Waals surface area contributed by atoms with Crippen molar-refractivity contribution in [2.45, 2.75) is 62.7 Å². The molecular weight excluding hydrogens is 705 g/mol. The van der Waals surface area contributed by atoms with E-state index >= 15 is 0 Å². The average Bonchev–Trinajstić information content (AvgIpc) is 3.69. The van der Waals surface area contributed by atoms with Gasteiger partial charge in [0.2, 0.25) is 0 Å². The monoisotopic (exact) mass is 754 g/mol. The molecule has 0 radical (unpaired) electrons. The zero-order chi connectivity index (χ0) is 40.0. The van der Waals surface area contributed by atoms with Crippen molar-refractivity contribution < 1.29 is 10.2 Å². The fourth-order valence-electron chi connectivity index (χ4n) is 10.9. The summed E-state index contributed by atoms with van der Waals surface area (Å²) < 4.78 is 0. The first-order valence-corrected chi connectivity index (χ1v) is 20.9. The summed E-state index contributed by atoms with van der Waals surface area (Å²) in [5.74, 6) is 0. The van der Waals surface area contributed by atoms with Gasteiger partial charge in [-0.2, -0.15) is 0 Å². The minimum atomic E-state index is -0.487. The molecule has 0 saturated carbocycles. The Labute approximate surface area is 342 Å². The van der Waals surface area contributed by atoms with Gasteiger partial charge in [0.05, 0.1) is 5.41 Å². The number of hydrogen-bond donors (Lipinski definition) is 2. The topological polar surface area (TPSA) is 40.5 Å². The van der Waals surface area contributed by atoms with E-state index in [4.69, 9.17) is 0 Å². The number of rotatable bonds is 10. The summed E-state index contributed by atoms with van der Waals surface area (Å²) in [4.78, 5) is 0. The van der Waals surface area contributed by atoms with Crippen LogP contribution in [0.4, 0.5) is 0 Å². The molecule has 8 aromatic rings. The van der Waals surface area contributed by atoms with Crippen molar-refractivity contribution in [1.82, 2.24) is 0 Å². The molecule has 286 valence electrons. The van der Waals surface area contributed by atoms with Gasteiger partial charge in [-0.3, -0.25) is 0 Å². The third-order valence-corrected chi connectivity index (χ3v) is 13.8. The van der Waals surface area contributed by atoms with Crippen LogP contribution < -0.4 is 0 Å². The van der Waals surface area contributed by atoms with Gasteiger partial charge in [-0.15, -0.1) is 13.2 Å². The highest BCUT2D eigenvalue weighted by atomic mass is 16.3. The normalized spacial score (nSPS) is 14.8. The van der Waals surface area contributed by atoms with E-state index in [0.29, 0.717) is 12.8 Å². The highest BCUT2D eigenvalue weighted by molar-refractivity contribution is 6.28. The van der Waals surface area contributed by atoms with Gasteiger partial charge in [-0.1, -0.05) is 142 Å². The van der Waals surface area contributed by atoms with E-state index in [9.17, 15) is 10.2 Å². The van der Waals surface area contributed by atoms with Crippen molar-refractivity contribution in [2.75, 3.05) is 13.2 Å². The largest absolute Gasteiger partial charge is 0.396 e. The van der Waals surface area contributed by atoms with Crippen molar-refractivity contribution in [3.8, 4) is 44.5 Å². The van der Waals surface area contributed by atoms with E-state index in [-0.39, 0.29) is 24.0 Å². The molecule has 0 aliphatic heterocycles. The summed E-state index contributed by atoms with van der Waals surface area (Å²) in [7, 11) is 0. The fourth-order valence-corrected chi connectivity index (χ4v) is 10.9. The molecule has 58 heavy (non-hydrogen) atoms. The van der Waals surface area contributed by atoms with Crippen LogP contribution in [0.1, 0.15) is 74.3 Å². The molecule has 2 nitrogen and oxygen atoms in total. The predicted molar refractivity (Wildman–Crippen MR) is 245 cm³/mol. The molecule has 8 aromatic carbocycles. The van der Waals surface area contributed by atoms with Crippen molar-refractivity contribution in [1.29, 1.82) is 0 Å². The Kier molecular flexibility index (Phi) is 8.43. The standard InChI is InChI=1S/C56H50O2/c1-6-55(7-2)48-16-10-8-14-40(48)42-22-18-35(32-50(42)55)46-34-47(45-25-21-38-31-39(54(3,4)5)30-37-20-24-44(46)53(45)52(37)38)36-19-23-43-41-15-9-11-17-49(41)56(26-12-28-57,27-13-29-58)51(43)33-36/h6-11,14-25,30-34,57-58H,1-2,12-13,26-29H2,3-5H3. The minimum Gasteiger partial charge on any atom is -0.396 e. The van der Waals surface area contributed by atoms with Crippen molar-refractivity contribution in [2.24, 2.45) is 0 Å². The minimum absolute atomic E-state index is 0.0200. The van der Waals surface area contributed by atoms with Crippen molar-refractivity contribution in [3.63, 3.8) is 0 Å². The molecule has 0 spiro atoms. The Morgan fingerprint density at radius 2 is 1.00 bits per heavy atom. The summed E-state index contributed by atoms with van der Waals surface area (Å²) in [6.45, 7) is 15.9. The van der Waals surface area contributed by atoms with Gasteiger partial charge in [-0.05, 0) is 154 Å². The van der Waals surface area contributed by atoms with Crippen LogP contribution in [0, 0.1) is 0 Å². The third kappa shape index (κ3) is 5.11. The summed E-state index contributed by atoms with van der Waals surface area (Å²) in [6, 6.07) is 48.1. The predicted octanol–water partition coefficient (Wildman–Crippen LogP) is 13.7. The third-order valence-electron chi connectivity index (χ3n) is 13.8. The molecule has 0 atom stereocenters. The zero-order valence-corrected chi connectivity index (χ0v) is 33.8. The van der Waals surface area contributed by atoms with Crippen LogP contribution in [0.5, 0.6) is 0 Å². The van der Waals surface area contributed by atoms with Gasteiger partial charge in [0.1, 0.15) is 0 Å². The summed E-state index contributed by atoms with van der Waals surface area (Å²) >= 11 is 0. The maximum Gasteiger partial charge on any atom is 0.0569 e. The van der Waals surface area contributed by atoms with Crippen LogP contribution in [0.2, 0.25) is 0 Å². The van der Waals surface area contributed by atoms with Crippen LogP contribution in [0.3, 0.4) is 0 Å². The molecule has 0 saturated heterocycles. The Bertz CT molecular complexity index is 2920. The van der Waals surface area contributed by atoms with E-state index in [2.05, 4.69) is 173 Å². The van der Waals surface area contributed by atoms with Gasteiger partial charge < -0.3 is 10.2 Å². The molecule has 2 heteroatoms. The average molecular weight is 755 g/mol. The smallest absolute Gasteiger partial charge is 0.0569 e. The van der Waals surface area contributed by atoms with E-state index in [1.54, 1.807) is 0 Å². The first-order valence-electron chi connectivity index (χ1n) is 20.9. The molecule has 0 heterocycles. The van der Waals surface area contributed by atoms with E-state index in [0.717, 1.165) is 12.8 Å². The molecule has 0 bridgehead atoms. The highest BCUT2D eigenvalue weighted by Crippen LogP contribution is 2.56. The Morgan fingerprint density at radius 3 is 1.55 bits per heavy atom. The number of allylic oxidation sites excluding steroid dienone is 2. The van der Waals surface area contributed by atoms with Gasteiger partial charge in [0, 0.05) is 18.6 Å². The van der Waals surface area contributed by atoms with Gasteiger partial charge in [-0.25, -0.2) is 0 Å². The van der Waals surface area contributed by atoms with Crippen LogP contribution >= 0.6 is 0 Å². The number of hydrogen-bond acceptors (Lipinski definition) is 2. The molecule has 2 aliphatic carbocycles. The second-order valence-electron chi connectivity index (χ2n) is 17.7. The molecule has 2 aliphatic rings. The number of fused-ring (bicyclic) bond motifs is 6. The first-order chi connectivity index (χ1) is 28.2. The second kappa shape index (κ2) is 13.4. The molecule has 0 amide bonds. The summed E-state index contributed by atoms with van der Waals surface area (Å²) in [5, 5.41) is 27.9. The Hall–Kier alpha value is -5.80. The molecule has 0 fully saturated rings. The van der Waals surface area contributed by atoms with E-state index < -0.39 is 5.41 Å². The maximum absolute atomic E-state index is 10.2. The molecule has 2 N–H and O–H groups in total. The molecular formula is C56H50O2. The van der Waals surface area contributed by atoms with Crippen LogP contribution in [-0.4, -0.2) is 23.4 Å². The lowest BCUT2D eigenvalue weighted by molar-refractivity contribution is 0.247. The van der Waals surface area contributed by atoms with E-state index in [1.807, 2.05) is 0 Å². The quantitative estimate of drug-likeness (QED) is 0.108. The molecule has 10 rings (SSSR count). The maximum atomic E-state index is 10.2. The number of benzene rings is 8.